The average Bonchev–Trinajstić information content (AvgIpc) is 2.81. The summed E-state index contributed by atoms with van der Waals surface area (Å²) in [5.41, 5.74) is 7.78. The van der Waals surface area contributed by atoms with Crippen molar-refractivity contribution in [1.29, 1.82) is 0 Å². The predicted octanol–water partition coefficient (Wildman–Crippen LogP) is 3.32. The lowest BCUT2D eigenvalue weighted by Crippen LogP contribution is -2.13. The van der Waals surface area contributed by atoms with Crippen molar-refractivity contribution in [1.82, 2.24) is 9.78 Å². The monoisotopic (exact) mass is 321 g/mol. The van der Waals surface area contributed by atoms with Crippen molar-refractivity contribution in [3.8, 4) is 5.69 Å². The number of nitrogens with two attached hydrogens (primary N) is 1. The first-order valence-electron chi connectivity index (χ1n) is 7.34. The summed E-state index contributed by atoms with van der Waals surface area (Å²) in [7, 11) is -2.75. The Morgan fingerprint density at radius 2 is 1.86 bits per heavy atom. The fourth-order valence-corrected chi connectivity index (χ4v) is 3.49. The Bertz CT molecular complexity index is 699. The summed E-state index contributed by atoms with van der Waals surface area (Å²) in [6.07, 6.45) is 0. The van der Waals surface area contributed by atoms with Crippen LogP contribution in [0, 0.1) is 0 Å². The first-order chi connectivity index (χ1) is 10.1. The van der Waals surface area contributed by atoms with Crippen LogP contribution >= 0.6 is 7.37 Å². The number of aromatic nitrogens is 2. The Hall–Kier alpha value is -1.58. The zero-order valence-electron chi connectivity index (χ0n) is 13.8. The number of rotatable bonds is 4. The molecular formula is C16H24N3O2P. The summed E-state index contributed by atoms with van der Waals surface area (Å²) in [4.78, 5) is 0. The lowest BCUT2D eigenvalue weighted by molar-refractivity contribution is 0.345. The van der Waals surface area contributed by atoms with Crippen LogP contribution in [0.3, 0.4) is 0 Å². The molecular weight excluding hydrogens is 297 g/mol. The SMILES string of the molecule is CCOP(C)(=O)c1ccc(-n2nc(C(C)(C)C)cc2N)cc1. The normalized spacial score (nSPS) is 14.8. The molecule has 1 aromatic heterocycles. The molecule has 0 saturated carbocycles. The molecule has 0 fully saturated rings. The second-order valence-corrected chi connectivity index (χ2v) is 8.86. The van der Waals surface area contributed by atoms with Gasteiger partial charge >= 0.3 is 0 Å². The van der Waals surface area contributed by atoms with Crippen molar-refractivity contribution in [3.05, 3.63) is 36.0 Å². The Morgan fingerprint density at radius 3 is 2.32 bits per heavy atom. The molecule has 5 nitrogen and oxygen atoms in total. The maximum Gasteiger partial charge on any atom is 0.229 e. The number of benzene rings is 1. The molecule has 22 heavy (non-hydrogen) atoms. The van der Waals surface area contributed by atoms with E-state index in [0.717, 1.165) is 11.4 Å². The summed E-state index contributed by atoms with van der Waals surface area (Å²) in [5, 5.41) is 5.27. The van der Waals surface area contributed by atoms with Crippen LogP contribution in [0.2, 0.25) is 0 Å². The van der Waals surface area contributed by atoms with Crippen molar-refractivity contribution in [3.63, 3.8) is 0 Å². The van der Waals surface area contributed by atoms with Gasteiger partial charge in [-0.2, -0.15) is 5.10 Å². The number of nitrogens with zero attached hydrogens (tertiary/aromatic N) is 2. The second-order valence-electron chi connectivity index (χ2n) is 6.40. The summed E-state index contributed by atoms with van der Waals surface area (Å²) in [6, 6.07) is 9.23. The highest BCUT2D eigenvalue weighted by molar-refractivity contribution is 7.66. The summed E-state index contributed by atoms with van der Waals surface area (Å²) in [6.45, 7) is 10.2. The largest absolute Gasteiger partial charge is 0.384 e. The van der Waals surface area contributed by atoms with Gasteiger partial charge in [0.2, 0.25) is 7.37 Å². The second kappa shape index (κ2) is 5.90. The van der Waals surface area contributed by atoms with Crippen LogP contribution in [-0.4, -0.2) is 23.1 Å². The fraction of sp³-hybridized carbons (Fsp3) is 0.438. The molecule has 2 aromatic rings. The number of anilines is 1. The van der Waals surface area contributed by atoms with Crippen LogP contribution < -0.4 is 11.0 Å². The summed E-state index contributed by atoms with van der Waals surface area (Å²) < 4.78 is 19.4. The van der Waals surface area contributed by atoms with Crippen molar-refractivity contribution in [2.24, 2.45) is 0 Å². The van der Waals surface area contributed by atoms with Gasteiger partial charge in [0, 0.05) is 23.5 Å². The van der Waals surface area contributed by atoms with Gasteiger partial charge in [-0.15, -0.1) is 0 Å². The van der Waals surface area contributed by atoms with Gasteiger partial charge in [0.15, 0.2) is 0 Å². The van der Waals surface area contributed by atoms with Crippen molar-refractivity contribution in [2.45, 2.75) is 33.1 Å². The molecule has 1 heterocycles. The molecule has 0 aliphatic heterocycles. The Kier molecular flexibility index (Phi) is 4.50. The number of hydrogen-bond donors (Lipinski definition) is 1. The third kappa shape index (κ3) is 3.42. The molecule has 0 amide bonds. The predicted molar refractivity (Wildman–Crippen MR) is 91.5 cm³/mol. The van der Waals surface area contributed by atoms with Crippen LogP contribution in [0.1, 0.15) is 33.4 Å². The minimum atomic E-state index is -2.75. The van der Waals surface area contributed by atoms with Crippen LogP contribution in [0.15, 0.2) is 30.3 Å². The van der Waals surface area contributed by atoms with Gasteiger partial charge in [-0.05, 0) is 31.2 Å². The van der Waals surface area contributed by atoms with Gasteiger partial charge in [0.05, 0.1) is 18.0 Å². The molecule has 0 aliphatic rings. The van der Waals surface area contributed by atoms with Crippen molar-refractivity contribution >= 4 is 18.5 Å². The molecule has 0 radical (unpaired) electrons. The van der Waals surface area contributed by atoms with E-state index in [1.807, 2.05) is 37.3 Å². The first-order valence-corrected chi connectivity index (χ1v) is 9.41. The standard InChI is InChI=1S/C16H24N3O2P/c1-6-21-22(5,20)13-9-7-12(8-10-13)19-15(17)11-14(18-19)16(2,3)4/h7-11H,6,17H2,1-5H3. The molecule has 0 aliphatic carbocycles. The van der Waals surface area contributed by atoms with Crippen molar-refractivity contribution in [2.75, 3.05) is 19.0 Å². The van der Waals surface area contributed by atoms with Gasteiger partial charge in [-0.1, -0.05) is 20.8 Å². The third-order valence-electron chi connectivity index (χ3n) is 3.44. The van der Waals surface area contributed by atoms with E-state index in [0.29, 0.717) is 17.7 Å². The molecule has 2 rings (SSSR count). The van der Waals surface area contributed by atoms with E-state index in [-0.39, 0.29) is 5.41 Å². The van der Waals surface area contributed by atoms with E-state index >= 15 is 0 Å². The summed E-state index contributed by atoms with van der Waals surface area (Å²) >= 11 is 0. The van der Waals surface area contributed by atoms with Crippen LogP contribution in [0.25, 0.3) is 5.69 Å². The lowest BCUT2D eigenvalue weighted by Gasteiger charge is -2.14. The third-order valence-corrected chi connectivity index (χ3v) is 5.43. The minimum absolute atomic E-state index is 0.0621. The lowest BCUT2D eigenvalue weighted by atomic mass is 9.92. The van der Waals surface area contributed by atoms with Crippen molar-refractivity contribution < 1.29 is 9.09 Å². The Morgan fingerprint density at radius 1 is 1.27 bits per heavy atom. The van der Waals surface area contributed by atoms with Gasteiger partial charge in [-0.3, -0.25) is 4.57 Å². The topological polar surface area (TPSA) is 70.1 Å². The van der Waals surface area contributed by atoms with E-state index in [1.54, 1.807) is 11.3 Å². The van der Waals surface area contributed by atoms with Crippen LogP contribution in [0.4, 0.5) is 5.82 Å². The molecule has 0 bridgehead atoms. The van der Waals surface area contributed by atoms with Gasteiger partial charge in [0.1, 0.15) is 5.82 Å². The minimum Gasteiger partial charge on any atom is -0.384 e. The fourth-order valence-electron chi connectivity index (χ4n) is 2.15. The van der Waals surface area contributed by atoms with E-state index in [9.17, 15) is 4.57 Å². The van der Waals surface area contributed by atoms with Crippen LogP contribution in [0.5, 0.6) is 0 Å². The van der Waals surface area contributed by atoms with E-state index in [1.165, 1.54) is 0 Å². The smallest absolute Gasteiger partial charge is 0.229 e. The Balaban J connectivity index is 2.36. The molecule has 1 aromatic carbocycles. The van der Waals surface area contributed by atoms with E-state index in [2.05, 4.69) is 25.9 Å². The number of hydrogen-bond acceptors (Lipinski definition) is 4. The molecule has 1 unspecified atom stereocenters. The highest BCUT2D eigenvalue weighted by Gasteiger charge is 2.21. The highest BCUT2D eigenvalue weighted by Crippen LogP contribution is 2.41. The molecule has 0 saturated heterocycles. The van der Waals surface area contributed by atoms with Gasteiger partial charge in [-0.25, -0.2) is 4.68 Å². The van der Waals surface area contributed by atoms with Crippen LogP contribution in [-0.2, 0) is 14.5 Å². The quantitative estimate of drug-likeness (QED) is 0.877. The molecule has 6 heteroatoms. The molecule has 1 atom stereocenters. The van der Waals surface area contributed by atoms with Gasteiger partial charge in [0.25, 0.3) is 0 Å². The van der Waals surface area contributed by atoms with E-state index in [4.69, 9.17) is 10.3 Å². The molecule has 0 spiro atoms. The Labute approximate surface area is 131 Å². The van der Waals surface area contributed by atoms with Gasteiger partial charge < -0.3 is 10.3 Å². The highest BCUT2D eigenvalue weighted by atomic mass is 31.2. The summed E-state index contributed by atoms with van der Waals surface area (Å²) in [5.74, 6) is 0.585. The maximum atomic E-state index is 12.4. The number of nitrogen functional groups attached to an aromatic ring is 1. The zero-order chi connectivity index (χ0) is 16.5. The first kappa shape index (κ1) is 16.8. The zero-order valence-corrected chi connectivity index (χ0v) is 14.7. The maximum absolute atomic E-state index is 12.4. The average molecular weight is 321 g/mol. The molecule has 2 N–H and O–H groups in total. The van der Waals surface area contributed by atoms with E-state index < -0.39 is 7.37 Å². The molecule has 120 valence electrons.